The Hall–Kier alpha value is -2.33. The van der Waals surface area contributed by atoms with E-state index in [1.54, 1.807) is 0 Å². The summed E-state index contributed by atoms with van der Waals surface area (Å²) in [6.45, 7) is 1.09. The number of methoxy groups -OCH3 is 1. The van der Waals surface area contributed by atoms with Crippen LogP contribution in [-0.4, -0.2) is 69.5 Å². The Labute approximate surface area is 145 Å². The van der Waals surface area contributed by atoms with Crippen molar-refractivity contribution in [1.29, 1.82) is 0 Å². The zero-order valence-corrected chi connectivity index (χ0v) is 14.5. The lowest BCUT2D eigenvalue weighted by Gasteiger charge is -2.23. The molecule has 136 valence electrons. The fourth-order valence-electron chi connectivity index (χ4n) is 2.82. The van der Waals surface area contributed by atoms with Crippen molar-refractivity contribution in [2.24, 2.45) is 0 Å². The van der Waals surface area contributed by atoms with E-state index in [9.17, 15) is 18.0 Å². The monoisotopic (exact) mass is 369 g/mol. The number of sulfonamides is 1. The van der Waals surface area contributed by atoms with Crippen LogP contribution in [0, 0.1) is 0 Å². The number of amides is 2. The van der Waals surface area contributed by atoms with Crippen LogP contribution in [0.5, 0.6) is 5.75 Å². The van der Waals surface area contributed by atoms with Crippen LogP contribution in [0.25, 0.3) is 0 Å². The molecular formula is C15H19N3O6S. The third kappa shape index (κ3) is 3.54. The van der Waals surface area contributed by atoms with Gasteiger partial charge in [0.05, 0.1) is 17.7 Å². The van der Waals surface area contributed by atoms with E-state index in [2.05, 4.69) is 10.1 Å². The van der Waals surface area contributed by atoms with Gasteiger partial charge in [0.2, 0.25) is 10.0 Å². The maximum Gasteiger partial charge on any atom is 0.409 e. The number of rotatable bonds is 2. The lowest BCUT2D eigenvalue weighted by molar-refractivity contribution is -0.118. The average molecular weight is 369 g/mol. The van der Waals surface area contributed by atoms with Crippen LogP contribution in [0.3, 0.4) is 0 Å². The zero-order chi connectivity index (χ0) is 18.0. The highest BCUT2D eigenvalue weighted by Gasteiger charge is 2.29. The molecule has 3 rings (SSSR count). The molecule has 1 N–H and O–H groups in total. The summed E-state index contributed by atoms with van der Waals surface area (Å²) in [6, 6.07) is 4.37. The second kappa shape index (κ2) is 6.89. The summed E-state index contributed by atoms with van der Waals surface area (Å²) in [5, 5.41) is 2.60. The minimum absolute atomic E-state index is 0.0727. The summed E-state index contributed by atoms with van der Waals surface area (Å²) >= 11 is 0. The second-order valence-corrected chi connectivity index (χ2v) is 7.65. The molecule has 2 heterocycles. The van der Waals surface area contributed by atoms with Crippen molar-refractivity contribution in [2.45, 2.75) is 11.3 Å². The predicted octanol–water partition coefficient (Wildman–Crippen LogP) is 0.480. The standard InChI is InChI=1S/C15H19N3O6S/c1-23-15(20)17-5-2-6-18(8-7-17)25(21,22)11-3-4-13-12(9-11)16-14(19)10-24-13/h3-4,9H,2,5-8,10H2,1H3,(H,16,19). The van der Waals surface area contributed by atoms with Crippen LogP contribution in [0.2, 0.25) is 0 Å². The fraction of sp³-hybridized carbons (Fsp3) is 0.467. The van der Waals surface area contributed by atoms with Crippen molar-refractivity contribution in [3.8, 4) is 5.75 Å². The van der Waals surface area contributed by atoms with Gasteiger partial charge in [-0.3, -0.25) is 4.79 Å². The van der Waals surface area contributed by atoms with Crippen molar-refractivity contribution in [3.05, 3.63) is 18.2 Å². The topological polar surface area (TPSA) is 105 Å². The molecule has 1 aromatic rings. The fourth-order valence-corrected chi connectivity index (χ4v) is 4.31. The molecule has 0 radical (unpaired) electrons. The molecule has 0 bridgehead atoms. The number of anilines is 1. The lowest BCUT2D eigenvalue weighted by Crippen LogP contribution is -2.37. The Bertz CT molecular complexity index is 794. The van der Waals surface area contributed by atoms with Crippen LogP contribution >= 0.6 is 0 Å². The third-order valence-corrected chi connectivity index (χ3v) is 6.00. The highest BCUT2D eigenvalue weighted by molar-refractivity contribution is 7.89. The predicted molar refractivity (Wildman–Crippen MR) is 87.9 cm³/mol. The Morgan fingerprint density at radius 2 is 2.04 bits per heavy atom. The Kier molecular flexibility index (Phi) is 4.82. The van der Waals surface area contributed by atoms with Gasteiger partial charge in [0.15, 0.2) is 6.61 Å². The number of hydrogen-bond acceptors (Lipinski definition) is 6. The van der Waals surface area contributed by atoms with E-state index in [1.807, 2.05) is 0 Å². The molecule has 10 heteroatoms. The second-order valence-electron chi connectivity index (χ2n) is 5.71. The molecule has 1 fully saturated rings. The number of carbonyl (C=O) groups is 2. The number of nitrogens with zero attached hydrogens (tertiary/aromatic N) is 2. The van der Waals surface area contributed by atoms with Gasteiger partial charge >= 0.3 is 6.09 Å². The van der Waals surface area contributed by atoms with E-state index in [1.165, 1.54) is 34.5 Å². The number of fused-ring (bicyclic) bond motifs is 1. The maximum atomic E-state index is 12.9. The van der Waals surface area contributed by atoms with Crippen LogP contribution in [0.1, 0.15) is 6.42 Å². The summed E-state index contributed by atoms with van der Waals surface area (Å²) in [5.41, 5.74) is 0.336. The van der Waals surface area contributed by atoms with E-state index < -0.39 is 16.1 Å². The van der Waals surface area contributed by atoms with Crippen molar-refractivity contribution < 1.29 is 27.5 Å². The Morgan fingerprint density at radius 1 is 1.24 bits per heavy atom. The highest BCUT2D eigenvalue weighted by Crippen LogP contribution is 2.31. The van der Waals surface area contributed by atoms with Gasteiger partial charge in [-0.15, -0.1) is 0 Å². The summed E-state index contributed by atoms with van der Waals surface area (Å²) in [6.07, 6.45) is 0.0481. The smallest absolute Gasteiger partial charge is 0.409 e. The number of ether oxygens (including phenoxy) is 2. The number of hydrogen-bond donors (Lipinski definition) is 1. The third-order valence-electron chi connectivity index (χ3n) is 4.11. The first-order chi connectivity index (χ1) is 11.9. The van der Waals surface area contributed by atoms with Crippen LogP contribution in [0.15, 0.2) is 23.1 Å². The van der Waals surface area contributed by atoms with Crippen molar-refractivity contribution >= 4 is 27.7 Å². The number of benzene rings is 1. The largest absolute Gasteiger partial charge is 0.482 e. The molecule has 0 spiro atoms. The first-order valence-electron chi connectivity index (χ1n) is 7.81. The normalized spacial score (nSPS) is 18.6. The van der Waals surface area contributed by atoms with Gasteiger partial charge in [0.1, 0.15) is 5.75 Å². The number of nitrogens with one attached hydrogen (secondary N) is 1. The molecule has 2 aliphatic heterocycles. The molecule has 2 aliphatic rings. The van der Waals surface area contributed by atoms with Gasteiger partial charge in [0.25, 0.3) is 5.91 Å². The van der Waals surface area contributed by atoms with Gasteiger partial charge in [-0.2, -0.15) is 4.31 Å². The molecule has 25 heavy (non-hydrogen) atoms. The first-order valence-corrected chi connectivity index (χ1v) is 9.25. The van der Waals surface area contributed by atoms with Gasteiger partial charge in [-0.25, -0.2) is 13.2 Å². The van der Waals surface area contributed by atoms with Crippen LogP contribution in [-0.2, 0) is 19.6 Å². The SMILES string of the molecule is COC(=O)N1CCCN(S(=O)(=O)c2ccc3c(c2)NC(=O)CO3)CC1. The van der Waals surface area contributed by atoms with Gasteiger partial charge in [-0.1, -0.05) is 0 Å². The maximum absolute atomic E-state index is 12.9. The minimum Gasteiger partial charge on any atom is -0.482 e. The van der Waals surface area contributed by atoms with Gasteiger partial charge in [0, 0.05) is 26.2 Å². The van der Waals surface area contributed by atoms with E-state index in [0.29, 0.717) is 30.9 Å². The minimum atomic E-state index is -3.74. The van der Waals surface area contributed by atoms with Crippen LogP contribution in [0.4, 0.5) is 10.5 Å². The molecular weight excluding hydrogens is 350 g/mol. The molecule has 0 saturated carbocycles. The average Bonchev–Trinajstić information content (AvgIpc) is 2.87. The lowest BCUT2D eigenvalue weighted by atomic mass is 10.2. The first kappa shape index (κ1) is 17.5. The summed E-state index contributed by atoms with van der Waals surface area (Å²) in [5.74, 6) is 0.108. The number of carbonyl (C=O) groups excluding carboxylic acids is 2. The molecule has 9 nitrogen and oxygen atoms in total. The highest BCUT2D eigenvalue weighted by atomic mass is 32.2. The summed E-state index contributed by atoms with van der Waals surface area (Å²) < 4.78 is 37.0. The molecule has 0 atom stereocenters. The Balaban J connectivity index is 1.81. The molecule has 1 saturated heterocycles. The van der Waals surface area contributed by atoms with Gasteiger partial charge < -0.3 is 19.7 Å². The molecule has 0 aromatic heterocycles. The van der Waals surface area contributed by atoms with E-state index in [4.69, 9.17) is 4.74 Å². The van der Waals surface area contributed by atoms with Gasteiger partial charge in [-0.05, 0) is 24.6 Å². The Morgan fingerprint density at radius 3 is 2.80 bits per heavy atom. The summed E-state index contributed by atoms with van der Waals surface area (Å²) in [4.78, 5) is 24.6. The quantitative estimate of drug-likeness (QED) is 0.813. The van der Waals surface area contributed by atoms with Crippen molar-refractivity contribution in [1.82, 2.24) is 9.21 Å². The van der Waals surface area contributed by atoms with E-state index in [-0.39, 0.29) is 30.5 Å². The molecule has 1 aromatic carbocycles. The van der Waals surface area contributed by atoms with Crippen molar-refractivity contribution in [2.75, 3.05) is 45.2 Å². The van der Waals surface area contributed by atoms with E-state index >= 15 is 0 Å². The molecule has 2 amide bonds. The molecule has 0 aliphatic carbocycles. The zero-order valence-electron chi connectivity index (χ0n) is 13.7. The summed E-state index contributed by atoms with van der Waals surface area (Å²) in [7, 11) is -2.45. The van der Waals surface area contributed by atoms with Crippen molar-refractivity contribution in [3.63, 3.8) is 0 Å². The molecule has 0 unspecified atom stereocenters. The van der Waals surface area contributed by atoms with E-state index in [0.717, 1.165) is 0 Å². The van der Waals surface area contributed by atoms with Crippen LogP contribution < -0.4 is 10.1 Å².